The number of hydrogen-bond donors (Lipinski definition) is 1. The van der Waals surface area contributed by atoms with E-state index in [1.165, 1.54) is 16.1 Å². The van der Waals surface area contributed by atoms with Crippen molar-refractivity contribution in [3.63, 3.8) is 0 Å². The largest absolute Gasteiger partial charge is 0.335 e. The molecule has 0 aliphatic carbocycles. The van der Waals surface area contributed by atoms with Crippen molar-refractivity contribution in [3.05, 3.63) is 69.7 Å². The smallest absolute Gasteiger partial charge is 0.161 e. The molecule has 0 radical (unpaired) electrons. The van der Waals surface area contributed by atoms with E-state index in [0.29, 0.717) is 12.1 Å². The van der Waals surface area contributed by atoms with E-state index in [1.807, 2.05) is 43.5 Å². The molecule has 3 aromatic heterocycles. The van der Waals surface area contributed by atoms with E-state index in [1.54, 1.807) is 12.1 Å². The number of nitrogens with one attached hydrogen (secondary N) is 1. The molecule has 4 aromatic rings. The van der Waals surface area contributed by atoms with Crippen LogP contribution < -0.4 is 14.7 Å². The summed E-state index contributed by atoms with van der Waals surface area (Å²) < 4.78 is 5.46. The quantitative estimate of drug-likeness (QED) is 0.576. The van der Waals surface area contributed by atoms with Crippen LogP contribution in [0.5, 0.6) is 0 Å². The van der Waals surface area contributed by atoms with Crippen molar-refractivity contribution < 1.29 is 0 Å². The Balaban J connectivity index is 1.66. The van der Waals surface area contributed by atoms with Gasteiger partial charge in [0.2, 0.25) is 0 Å². The van der Waals surface area contributed by atoms with Gasteiger partial charge in [0.15, 0.2) is 5.82 Å². The summed E-state index contributed by atoms with van der Waals surface area (Å²) >= 11 is 1.50. The minimum Gasteiger partial charge on any atom is -0.335 e. The number of pyridine rings is 1. The van der Waals surface area contributed by atoms with Crippen LogP contribution in [0.1, 0.15) is 11.3 Å². The first-order chi connectivity index (χ1) is 14.2. The third kappa shape index (κ3) is 3.20. The van der Waals surface area contributed by atoms with Gasteiger partial charge >= 0.3 is 0 Å². The molecule has 0 unspecified atom stereocenters. The minimum absolute atomic E-state index is 0.623. The van der Waals surface area contributed by atoms with Crippen LogP contribution in [0.4, 0.5) is 5.82 Å². The lowest BCUT2D eigenvalue weighted by molar-refractivity contribution is 1.11. The van der Waals surface area contributed by atoms with Crippen molar-refractivity contribution in [2.75, 3.05) is 11.4 Å². The highest BCUT2D eigenvalue weighted by molar-refractivity contribution is 7.03. The van der Waals surface area contributed by atoms with Gasteiger partial charge in [0, 0.05) is 35.4 Å². The van der Waals surface area contributed by atoms with Gasteiger partial charge < -0.3 is 9.88 Å². The molecule has 6 nitrogen and oxygen atoms in total. The summed E-state index contributed by atoms with van der Waals surface area (Å²) in [6.45, 7) is 2.69. The highest BCUT2D eigenvalue weighted by Crippen LogP contribution is 2.32. The lowest BCUT2D eigenvalue weighted by Gasteiger charge is -2.19. The molecule has 0 saturated carbocycles. The van der Waals surface area contributed by atoms with E-state index in [-0.39, 0.29) is 0 Å². The number of aromatic nitrogens is 4. The van der Waals surface area contributed by atoms with Gasteiger partial charge in [-0.1, -0.05) is 6.07 Å². The van der Waals surface area contributed by atoms with E-state index < -0.39 is 0 Å². The summed E-state index contributed by atoms with van der Waals surface area (Å²) in [6.07, 6.45) is 6.12. The Kier molecular flexibility index (Phi) is 4.19. The molecule has 1 aliphatic rings. The Morgan fingerprint density at radius 1 is 1.14 bits per heavy atom. The number of anilines is 1. The second-order valence-electron chi connectivity index (χ2n) is 6.77. The molecule has 1 aromatic carbocycles. The van der Waals surface area contributed by atoms with Crippen molar-refractivity contribution >= 4 is 29.6 Å². The molecule has 5 rings (SSSR count). The maximum atomic E-state index is 9.05. The SMILES string of the molecule is Cc1cccc(-c2[nH]c(-c3ccc(C#N)cc3)nc2N2C=c3cnsc3=CC2)n1. The summed E-state index contributed by atoms with van der Waals surface area (Å²) in [5.74, 6) is 1.56. The molecule has 4 heterocycles. The minimum atomic E-state index is 0.623. The Bertz CT molecular complexity index is 1360. The monoisotopic (exact) mass is 396 g/mol. The molecular weight excluding hydrogens is 380 g/mol. The summed E-state index contributed by atoms with van der Waals surface area (Å²) in [5.41, 5.74) is 4.20. The number of H-pyrrole nitrogens is 1. The Labute approximate surface area is 171 Å². The van der Waals surface area contributed by atoms with Crippen molar-refractivity contribution in [1.82, 2.24) is 19.3 Å². The van der Waals surface area contributed by atoms with Gasteiger partial charge in [-0.2, -0.15) is 9.64 Å². The Morgan fingerprint density at radius 3 is 2.79 bits per heavy atom. The van der Waals surface area contributed by atoms with Gasteiger partial charge in [-0.05, 0) is 60.9 Å². The first kappa shape index (κ1) is 17.3. The first-order valence-corrected chi connectivity index (χ1v) is 9.92. The maximum absolute atomic E-state index is 9.05. The molecule has 1 N–H and O–H groups in total. The molecule has 0 saturated heterocycles. The number of fused-ring (bicyclic) bond motifs is 1. The number of aryl methyl sites for hydroxylation is 1. The molecule has 0 bridgehead atoms. The molecule has 7 heteroatoms. The highest BCUT2D eigenvalue weighted by Gasteiger charge is 2.20. The zero-order chi connectivity index (χ0) is 19.8. The van der Waals surface area contributed by atoms with Gasteiger partial charge in [-0.15, -0.1) is 0 Å². The van der Waals surface area contributed by atoms with Gasteiger partial charge in [0.05, 0.1) is 21.9 Å². The van der Waals surface area contributed by atoms with E-state index in [2.05, 4.69) is 32.6 Å². The van der Waals surface area contributed by atoms with Crippen LogP contribution in [0, 0.1) is 18.3 Å². The van der Waals surface area contributed by atoms with Crippen LogP contribution in [0.15, 0.2) is 48.7 Å². The van der Waals surface area contributed by atoms with Crippen LogP contribution in [-0.2, 0) is 0 Å². The summed E-state index contributed by atoms with van der Waals surface area (Å²) in [7, 11) is 0. The van der Waals surface area contributed by atoms with Crippen LogP contribution in [0.3, 0.4) is 0 Å². The number of rotatable bonds is 3. The third-order valence-corrected chi connectivity index (χ3v) is 5.59. The van der Waals surface area contributed by atoms with Gasteiger partial charge in [-0.3, -0.25) is 4.98 Å². The number of imidazole rings is 1. The van der Waals surface area contributed by atoms with Gasteiger partial charge in [-0.25, -0.2) is 4.98 Å². The van der Waals surface area contributed by atoms with E-state index >= 15 is 0 Å². The number of benzene rings is 1. The van der Waals surface area contributed by atoms with E-state index in [0.717, 1.165) is 39.5 Å². The average molecular weight is 396 g/mol. The van der Waals surface area contributed by atoms with Gasteiger partial charge in [0.1, 0.15) is 11.5 Å². The summed E-state index contributed by atoms with van der Waals surface area (Å²) in [6, 6.07) is 15.5. The lowest BCUT2D eigenvalue weighted by atomic mass is 10.1. The highest BCUT2D eigenvalue weighted by atomic mass is 32.1. The molecule has 1 aliphatic heterocycles. The normalized spacial score (nSPS) is 12.6. The predicted octanol–water partition coefficient (Wildman–Crippen LogP) is 2.81. The molecule has 140 valence electrons. The van der Waals surface area contributed by atoms with Crippen molar-refractivity contribution in [2.24, 2.45) is 0 Å². The molecule has 0 fully saturated rings. The Hall–Kier alpha value is -3.76. The maximum Gasteiger partial charge on any atom is 0.161 e. The number of hydrogen-bond acceptors (Lipinski definition) is 6. The number of aromatic amines is 1. The van der Waals surface area contributed by atoms with Crippen LogP contribution in [0.25, 0.3) is 35.1 Å². The standard InChI is InChI=1S/C22H16N6S/c1-14-3-2-4-18(25-14)20-22(28-10-9-19-17(13-28)12-24-29-19)27-21(26-20)16-7-5-15(11-23)6-8-16/h2-9,12-13H,10H2,1H3,(H,26,27). The average Bonchev–Trinajstić information content (AvgIpc) is 3.40. The van der Waals surface area contributed by atoms with Crippen LogP contribution in [0.2, 0.25) is 0 Å². The predicted molar refractivity (Wildman–Crippen MR) is 114 cm³/mol. The third-order valence-electron chi connectivity index (χ3n) is 4.78. The van der Waals surface area contributed by atoms with E-state index in [9.17, 15) is 0 Å². The molecule has 0 atom stereocenters. The Morgan fingerprint density at radius 2 is 2.00 bits per heavy atom. The second kappa shape index (κ2) is 7.00. The molecule has 29 heavy (non-hydrogen) atoms. The zero-order valence-electron chi connectivity index (χ0n) is 15.6. The fourth-order valence-corrected chi connectivity index (χ4v) is 3.97. The lowest BCUT2D eigenvalue weighted by Crippen LogP contribution is -2.32. The zero-order valence-corrected chi connectivity index (χ0v) is 16.4. The molecule has 0 amide bonds. The molecule has 0 spiro atoms. The van der Waals surface area contributed by atoms with Crippen molar-refractivity contribution in [1.29, 1.82) is 5.26 Å². The summed E-state index contributed by atoms with van der Waals surface area (Å²) in [4.78, 5) is 15.2. The second-order valence-corrected chi connectivity index (χ2v) is 7.60. The molecular formula is C22H16N6S. The van der Waals surface area contributed by atoms with Crippen molar-refractivity contribution in [2.45, 2.75) is 6.92 Å². The van der Waals surface area contributed by atoms with Gasteiger partial charge in [0.25, 0.3) is 0 Å². The van der Waals surface area contributed by atoms with Crippen LogP contribution >= 0.6 is 11.5 Å². The number of nitrogens with zero attached hydrogens (tertiary/aromatic N) is 5. The van der Waals surface area contributed by atoms with Crippen molar-refractivity contribution in [3.8, 4) is 28.8 Å². The topological polar surface area (TPSA) is 81.5 Å². The van der Waals surface area contributed by atoms with Crippen LogP contribution in [-0.4, -0.2) is 25.9 Å². The number of nitriles is 1. The fourth-order valence-electron chi connectivity index (χ4n) is 3.33. The van der Waals surface area contributed by atoms with E-state index in [4.69, 9.17) is 15.2 Å². The fraction of sp³-hybridized carbons (Fsp3) is 0.0909. The summed E-state index contributed by atoms with van der Waals surface area (Å²) in [5, 5.41) is 10.1. The first-order valence-electron chi connectivity index (χ1n) is 9.15.